The first kappa shape index (κ1) is 25.7. The Hall–Kier alpha value is -3.89. The Bertz CT molecular complexity index is 1080. The quantitative estimate of drug-likeness (QED) is 0.550. The number of piperidine rings is 1. The molecule has 0 aliphatic carbocycles. The van der Waals surface area contributed by atoms with Crippen molar-refractivity contribution in [3.05, 3.63) is 70.8 Å². The number of alkyl halides is 3. The van der Waals surface area contributed by atoms with Crippen LogP contribution in [-0.2, 0) is 22.3 Å². The Kier molecular flexibility index (Phi) is 8.10. The van der Waals surface area contributed by atoms with E-state index in [2.05, 4.69) is 10.6 Å². The zero-order valence-corrected chi connectivity index (χ0v) is 18.7. The van der Waals surface area contributed by atoms with Crippen LogP contribution in [0.3, 0.4) is 0 Å². The van der Waals surface area contributed by atoms with Gasteiger partial charge in [-0.05, 0) is 54.8 Å². The lowest BCUT2D eigenvalue weighted by molar-refractivity contribution is -0.137. The Balaban J connectivity index is 1.45. The number of halogens is 3. The maximum Gasteiger partial charge on any atom is 0.416 e. The van der Waals surface area contributed by atoms with Crippen molar-refractivity contribution >= 4 is 23.6 Å². The Morgan fingerprint density at radius 1 is 0.886 bits per heavy atom. The summed E-state index contributed by atoms with van der Waals surface area (Å²) >= 11 is 0. The van der Waals surface area contributed by atoms with E-state index in [1.807, 2.05) is 0 Å². The molecule has 0 bridgehead atoms. The van der Waals surface area contributed by atoms with E-state index in [0.717, 1.165) is 29.8 Å². The minimum absolute atomic E-state index is 0.157. The molecular formula is C24H25F3N4O4. The van der Waals surface area contributed by atoms with E-state index in [1.54, 1.807) is 24.3 Å². The minimum atomic E-state index is -4.46. The lowest BCUT2D eigenvalue weighted by Gasteiger charge is -2.31. The Morgan fingerprint density at radius 2 is 1.46 bits per heavy atom. The van der Waals surface area contributed by atoms with E-state index in [0.29, 0.717) is 31.5 Å². The first-order valence-corrected chi connectivity index (χ1v) is 10.9. The van der Waals surface area contributed by atoms with Gasteiger partial charge in [0.25, 0.3) is 11.8 Å². The third kappa shape index (κ3) is 7.05. The topological polar surface area (TPSA) is 122 Å². The maximum absolute atomic E-state index is 12.7. The van der Waals surface area contributed by atoms with Crippen molar-refractivity contribution in [1.82, 2.24) is 15.5 Å². The summed E-state index contributed by atoms with van der Waals surface area (Å²) in [5, 5.41) is 5.23. The highest BCUT2D eigenvalue weighted by atomic mass is 19.4. The molecule has 0 atom stereocenters. The van der Waals surface area contributed by atoms with Gasteiger partial charge in [-0.15, -0.1) is 0 Å². The predicted molar refractivity (Wildman–Crippen MR) is 120 cm³/mol. The van der Waals surface area contributed by atoms with Crippen molar-refractivity contribution < 1.29 is 32.3 Å². The smallest absolute Gasteiger partial charge is 0.368 e. The summed E-state index contributed by atoms with van der Waals surface area (Å²) in [6, 6.07) is 10.6. The van der Waals surface area contributed by atoms with Crippen molar-refractivity contribution in [1.29, 1.82) is 0 Å². The summed E-state index contributed by atoms with van der Waals surface area (Å²) in [6.45, 7) is 0.651. The fourth-order valence-electron chi connectivity index (χ4n) is 3.71. The molecule has 1 saturated heterocycles. The monoisotopic (exact) mass is 490 g/mol. The van der Waals surface area contributed by atoms with Gasteiger partial charge < -0.3 is 21.3 Å². The number of nitrogens with one attached hydrogen (secondary N) is 2. The summed E-state index contributed by atoms with van der Waals surface area (Å²) in [6.07, 6.45) is -3.58. The number of amides is 4. The molecule has 0 spiro atoms. The highest BCUT2D eigenvalue weighted by molar-refractivity contribution is 5.96. The standard InChI is InChI=1S/C24H25F3N4O4/c25-24(26,27)19-7-5-18(6-8-19)23(35)31-11-9-17(10-12-31)22(34)29-13-15-1-3-16(4-2-15)21(33)30-14-20(28)32/h1-8,17H,9-14H2,(H2,28,32)(H,29,34)(H,30,33). The van der Waals surface area contributed by atoms with Crippen LogP contribution in [0, 0.1) is 5.92 Å². The van der Waals surface area contributed by atoms with Gasteiger partial charge in [0, 0.05) is 36.7 Å². The van der Waals surface area contributed by atoms with Crippen LogP contribution in [0.15, 0.2) is 48.5 Å². The lowest BCUT2D eigenvalue weighted by Crippen LogP contribution is -2.42. The Morgan fingerprint density at radius 3 is 2.00 bits per heavy atom. The molecule has 1 aliphatic rings. The van der Waals surface area contributed by atoms with Crippen molar-refractivity contribution in [2.75, 3.05) is 19.6 Å². The minimum Gasteiger partial charge on any atom is -0.368 e. The van der Waals surface area contributed by atoms with E-state index >= 15 is 0 Å². The largest absolute Gasteiger partial charge is 0.416 e. The molecule has 1 aliphatic heterocycles. The van der Waals surface area contributed by atoms with Crippen molar-refractivity contribution in [3.63, 3.8) is 0 Å². The first-order valence-electron chi connectivity index (χ1n) is 10.9. The number of likely N-dealkylation sites (tertiary alicyclic amines) is 1. The van der Waals surface area contributed by atoms with E-state index in [4.69, 9.17) is 5.73 Å². The molecule has 0 saturated carbocycles. The first-order chi connectivity index (χ1) is 16.5. The van der Waals surface area contributed by atoms with E-state index < -0.39 is 23.6 Å². The molecule has 35 heavy (non-hydrogen) atoms. The third-order valence-electron chi connectivity index (χ3n) is 5.72. The molecule has 3 rings (SSSR count). The molecule has 4 N–H and O–H groups in total. The number of benzene rings is 2. The average molecular weight is 490 g/mol. The summed E-state index contributed by atoms with van der Waals surface area (Å²) in [5.41, 5.74) is 5.48. The Labute approximate surface area is 199 Å². The maximum atomic E-state index is 12.7. The number of nitrogens with two attached hydrogens (primary N) is 1. The molecular weight excluding hydrogens is 465 g/mol. The summed E-state index contributed by atoms with van der Waals surface area (Å²) < 4.78 is 38.1. The highest BCUT2D eigenvalue weighted by Gasteiger charge is 2.31. The molecule has 8 nitrogen and oxygen atoms in total. The number of rotatable bonds is 7. The van der Waals surface area contributed by atoms with Crippen LogP contribution in [0.25, 0.3) is 0 Å². The number of primary amides is 1. The van der Waals surface area contributed by atoms with Gasteiger partial charge in [-0.1, -0.05) is 12.1 Å². The number of carbonyl (C=O) groups excluding carboxylic acids is 4. The number of hydrogen-bond donors (Lipinski definition) is 3. The fraction of sp³-hybridized carbons (Fsp3) is 0.333. The number of nitrogens with zero attached hydrogens (tertiary/aromatic N) is 1. The van der Waals surface area contributed by atoms with Gasteiger partial charge in [0.1, 0.15) is 0 Å². The van der Waals surface area contributed by atoms with Gasteiger partial charge in [0.2, 0.25) is 11.8 Å². The van der Waals surface area contributed by atoms with Crippen LogP contribution in [0.5, 0.6) is 0 Å². The molecule has 2 aromatic carbocycles. The molecule has 186 valence electrons. The van der Waals surface area contributed by atoms with Crippen LogP contribution in [0.1, 0.15) is 44.7 Å². The molecule has 11 heteroatoms. The van der Waals surface area contributed by atoms with Crippen LogP contribution in [-0.4, -0.2) is 48.2 Å². The second kappa shape index (κ2) is 11.0. The van der Waals surface area contributed by atoms with Crippen LogP contribution in [0.4, 0.5) is 13.2 Å². The molecule has 4 amide bonds. The fourth-order valence-corrected chi connectivity index (χ4v) is 3.71. The lowest BCUT2D eigenvalue weighted by atomic mass is 9.95. The van der Waals surface area contributed by atoms with Crippen LogP contribution in [0.2, 0.25) is 0 Å². The van der Waals surface area contributed by atoms with E-state index in [-0.39, 0.29) is 36.4 Å². The molecule has 2 aromatic rings. The molecule has 0 radical (unpaired) electrons. The summed E-state index contributed by atoms with van der Waals surface area (Å²) in [5.74, 6) is -1.89. The normalized spacial score (nSPS) is 14.3. The van der Waals surface area contributed by atoms with Gasteiger partial charge in [-0.3, -0.25) is 19.2 Å². The summed E-state index contributed by atoms with van der Waals surface area (Å²) in [4.78, 5) is 49.3. The summed E-state index contributed by atoms with van der Waals surface area (Å²) in [7, 11) is 0. The van der Waals surface area contributed by atoms with Crippen LogP contribution >= 0.6 is 0 Å². The molecule has 1 fully saturated rings. The van der Waals surface area contributed by atoms with Gasteiger partial charge in [-0.25, -0.2) is 0 Å². The molecule has 0 aromatic heterocycles. The third-order valence-corrected chi connectivity index (χ3v) is 5.72. The van der Waals surface area contributed by atoms with Crippen molar-refractivity contribution in [2.24, 2.45) is 11.7 Å². The number of hydrogen-bond acceptors (Lipinski definition) is 4. The average Bonchev–Trinajstić information content (AvgIpc) is 2.85. The van der Waals surface area contributed by atoms with Gasteiger partial charge in [-0.2, -0.15) is 13.2 Å². The van der Waals surface area contributed by atoms with Gasteiger partial charge >= 0.3 is 6.18 Å². The SMILES string of the molecule is NC(=O)CNC(=O)c1ccc(CNC(=O)C2CCN(C(=O)c3ccc(C(F)(F)F)cc3)CC2)cc1. The van der Waals surface area contributed by atoms with Crippen molar-refractivity contribution in [2.45, 2.75) is 25.6 Å². The second-order valence-electron chi connectivity index (χ2n) is 8.21. The number of carbonyl (C=O) groups is 4. The molecule has 0 unspecified atom stereocenters. The molecule has 1 heterocycles. The van der Waals surface area contributed by atoms with Crippen LogP contribution < -0.4 is 16.4 Å². The predicted octanol–water partition coefficient (Wildman–Crippen LogP) is 2.09. The zero-order valence-electron chi connectivity index (χ0n) is 18.7. The zero-order chi connectivity index (χ0) is 25.6. The second-order valence-corrected chi connectivity index (χ2v) is 8.21. The van der Waals surface area contributed by atoms with E-state index in [1.165, 1.54) is 4.90 Å². The van der Waals surface area contributed by atoms with Gasteiger partial charge in [0.05, 0.1) is 12.1 Å². The van der Waals surface area contributed by atoms with Gasteiger partial charge in [0.15, 0.2) is 0 Å². The van der Waals surface area contributed by atoms with E-state index in [9.17, 15) is 32.3 Å². The van der Waals surface area contributed by atoms with Crippen molar-refractivity contribution in [3.8, 4) is 0 Å². The highest BCUT2D eigenvalue weighted by Crippen LogP contribution is 2.29.